The molecule has 0 N–H and O–H groups in total. The van der Waals surface area contributed by atoms with Crippen LogP contribution in [0.5, 0.6) is 0 Å². The smallest absolute Gasteiger partial charge is 0.159 e. The Hall–Kier alpha value is -2.25. The van der Waals surface area contributed by atoms with E-state index in [9.17, 15) is 14.0 Å². The highest BCUT2D eigenvalue weighted by Gasteiger charge is 2.36. The van der Waals surface area contributed by atoms with E-state index in [1.807, 2.05) is 39.1 Å². The van der Waals surface area contributed by atoms with Gasteiger partial charge in [-0.15, -0.1) is 0 Å². The maximum Gasteiger partial charge on any atom is 0.159 e. The second kappa shape index (κ2) is 8.91. The predicted octanol–water partition coefficient (Wildman–Crippen LogP) is 5.29. The second-order valence-corrected chi connectivity index (χ2v) is 7.19. The maximum absolute atomic E-state index is 13.7. The van der Waals surface area contributed by atoms with Gasteiger partial charge in [-0.3, -0.25) is 0 Å². The molecule has 138 valence electrons. The summed E-state index contributed by atoms with van der Waals surface area (Å²) < 4.78 is 27.0. The highest BCUT2D eigenvalue weighted by molar-refractivity contribution is 5.34. The normalized spacial score (nSPS) is 13.6. The zero-order valence-electron chi connectivity index (χ0n) is 15.7. The van der Waals surface area contributed by atoms with Crippen molar-refractivity contribution >= 4 is 0 Å². The van der Waals surface area contributed by atoms with Gasteiger partial charge < -0.3 is 4.90 Å². The third-order valence-electron chi connectivity index (χ3n) is 5.03. The summed E-state index contributed by atoms with van der Waals surface area (Å²) in [7, 11) is 2.05. The lowest BCUT2D eigenvalue weighted by Gasteiger charge is -2.32. The van der Waals surface area contributed by atoms with Crippen LogP contribution >= 0.6 is 0 Å². The number of nitriles is 1. The van der Waals surface area contributed by atoms with E-state index >= 15 is 0 Å². The number of hydrogen-bond acceptors (Lipinski definition) is 2. The summed E-state index contributed by atoms with van der Waals surface area (Å²) >= 11 is 0. The number of benzene rings is 2. The fraction of sp³-hybridized carbons (Fsp3) is 0.409. The average Bonchev–Trinajstić information content (AvgIpc) is 2.62. The molecule has 0 amide bonds. The minimum Gasteiger partial charge on any atom is -0.302 e. The molecular formula is C22H26F2N2. The Morgan fingerprint density at radius 1 is 1.08 bits per heavy atom. The van der Waals surface area contributed by atoms with Crippen molar-refractivity contribution in [1.82, 2.24) is 4.90 Å². The van der Waals surface area contributed by atoms with Gasteiger partial charge >= 0.3 is 0 Å². The van der Waals surface area contributed by atoms with E-state index in [-0.39, 0.29) is 5.92 Å². The molecule has 0 aliphatic heterocycles. The molecule has 2 rings (SSSR count). The highest BCUT2D eigenvalue weighted by Crippen LogP contribution is 2.37. The fourth-order valence-electron chi connectivity index (χ4n) is 3.39. The van der Waals surface area contributed by atoms with Crippen LogP contribution in [0, 0.1) is 28.9 Å². The standard InChI is InChI=1S/C22H26F2N2/c1-17(2)22(16-25,19-10-11-20(23)21(24)14-19)12-7-13-26(3)15-18-8-5-4-6-9-18/h4-6,8-11,14,17H,7,12-13,15H2,1-3H3. The van der Waals surface area contributed by atoms with Crippen LogP contribution in [0.4, 0.5) is 8.78 Å². The Labute approximate surface area is 155 Å². The molecule has 1 atom stereocenters. The molecule has 0 heterocycles. The first-order valence-corrected chi connectivity index (χ1v) is 8.98. The van der Waals surface area contributed by atoms with Gasteiger partial charge in [0.1, 0.15) is 0 Å². The quantitative estimate of drug-likeness (QED) is 0.642. The van der Waals surface area contributed by atoms with Gasteiger partial charge in [0.25, 0.3) is 0 Å². The third kappa shape index (κ3) is 4.68. The molecule has 2 nitrogen and oxygen atoms in total. The summed E-state index contributed by atoms with van der Waals surface area (Å²) in [6.45, 7) is 5.58. The lowest BCUT2D eigenvalue weighted by molar-refractivity contribution is 0.286. The van der Waals surface area contributed by atoms with Gasteiger partial charge in [-0.1, -0.05) is 50.2 Å². The molecule has 0 aliphatic rings. The SMILES string of the molecule is CC(C)C(C#N)(CCCN(C)Cc1ccccc1)c1ccc(F)c(F)c1. The first kappa shape index (κ1) is 20.1. The van der Waals surface area contributed by atoms with Crippen molar-refractivity contribution in [1.29, 1.82) is 5.26 Å². The average molecular weight is 356 g/mol. The van der Waals surface area contributed by atoms with Crippen LogP contribution in [0.15, 0.2) is 48.5 Å². The first-order chi connectivity index (χ1) is 12.4. The first-order valence-electron chi connectivity index (χ1n) is 8.98. The van der Waals surface area contributed by atoms with Crippen LogP contribution in [0.2, 0.25) is 0 Å². The van der Waals surface area contributed by atoms with Gasteiger partial charge in [-0.05, 0) is 55.6 Å². The van der Waals surface area contributed by atoms with Crippen LogP contribution in [0.25, 0.3) is 0 Å². The van der Waals surface area contributed by atoms with Crippen LogP contribution in [0.3, 0.4) is 0 Å². The molecule has 1 unspecified atom stereocenters. The summed E-state index contributed by atoms with van der Waals surface area (Å²) in [6, 6.07) is 16.4. The van der Waals surface area contributed by atoms with Crippen LogP contribution in [-0.4, -0.2) is 18.5 Å². The van der Waals surface area contributed by atoms with Gasteiger partial charge in [-0.2, -0.15) is 5.26 Å². The van der Waals surface area contributed by atoms with Gasteiger partial charge in [-0.25, -0.2) is 8.78 Å². The molecule has 0 saturated carbocycles. The number of hydrogen-bond donors (Lipinski definition) is 0. The van der Waals surface area contributed by atoms with Crippen molar-refractivity contribution in [2.75, 3.05) is 13.6 Å². The van der Waals surface area contributed by atoms with E-state index in [2.05, 4.69) is 23.1 Å². The molecule has 0 aliphatic carbocycles. The van der Waals surface area contributed by atoms with Gasteiger partial charge in [0.2, 0.25) is 0 Å². The van der Waals surface area contributed by atoms with Crippen molar-refractivity contribution in [3.05, 3.63) is 71.3 Å². The number of nitrogens with zero attached hydrogens (tertiary/aromatic N) is 2. The molecule has 0 saturated heterocycles. The highest BCUT2D eigenvalue weighted by atomic mass is 19.2. The molecule has 4 heteroatoms. The molecule has 2 aromatic carbocycles. The summed E-state index contributed by atoms with van der Waals surface area (Å²) in [5, 5.41) is 9.88. The zero-order valence-corrected chi connectivity index (χ0v) is 15.7. The Kier molecular flexibility index (Phi) is 6.88. The van der Waals surface area contributed by atoms with Crippen molar-refractivity contribution < 1.29 is 8.78 Å². The van der Waals surface area contributed by atoms with Crippen molar-refractivity contribution in [2.24, 2.45) is 5.92 Å². The van der Waals surface area contributed by atoms with Crippen LogP contribution in [0.1, 0.15) is 37.8 Å². The maximum atomic E-state index is 13.7. The second-order valence-electron chi connectivity index (χ2n) is 7.19. The van der Waals surface area contributed by atoms with Crippen molar-refractivity contribution in [2.45, 2.75) is 38.6 Å². The summed E-state index contributed by atoms with van der Waals surface area (Å²) in [4.78, 5) is 2.21. The van der Waals surface area contributed by atoms with Crippen LogP contribution in [-0.2, 0) is 12.0 Å². The van der Waals surface area contributed by atoms with Gasteiger partial charge in [0, 0.05) is 6.54 Å². The lowest BCUT2D eigenvalue weighted by atomic mass is 9.70. The summed E-state index contributed by atoms with van der Waals surface area (Å²) in [5.74, 6) is -1.78. The summed E-state index contributed by atoms with van der Waals surface area (Å²) in [5.41, 5.74) is 0.980. The number of halogens is 2. The van der Waals surface area contributed by atoms with Gasteiger partial charge in [0.15, 0.2) is 11.6 Å². The molecule has 2 aromatic rings. The van der Waals surface area contributed by atoms with Crippen molar-refractivity contribution in [3.8, 4) is 6.07 Å². The largest absolute Gasteiger partial charge is 0.302 e. The molecule has 0 aromatic heterocycles. The van der Waals surface area contributed by atoms with E-state index in [4.69, 9.17) is 0 Å². The molecule has 0 radical (unpaired) electrons. The molecule has 26 heavy (non-hydrogen) atoms. The fourth-order valence-corrected chi connectivity index (χ4v) is 3.39. The van der Waals surface area contributed by atoms with Crippen molar-refractivity contribution in [3.63, 3.8) is 0 Å². The third-order valence-corrected chi connectivity index (χ3v) is 5.03. The number of rotatable bonds is 8. The topological polar surface area (TPSA) is 27.0 Å². The lowest BCUT2D eigenvalue weighted by Crippen LogP contribution is -2.32. The van der Waals surface area contributed by atoms with E-state index in [0.717, 1.165) is 25.6 Å². The molecule has 0 spiro atoms. The van der Waals surface area contributed by atoms with E-state index in [0.29, 0.717) is 12.0 Å². The minimum atomic E-state index is -0.899. The Bertz CT molecular complexity index is 752. The van der Waals surface area contributed by atoms with Gasteiger partial charge in [0.05, 0.1) is 11.5 Å². The monoisotopic (exact) mass is 356 g/mol. The molecular weight excluding hydrogens is 330 g/mol. The molecule has 0 bridgehead atoms. The van der Waals surface area contributed by atoms with E-state index in [1.54, 1.807) is 0 Å². The van der Waals surface area contributed by atoms with E-state index in [1.165, 1.54) is 17.7 Å². The molecule has 0 fully saturated rings. The zero-order chi connectivity index (χ0) is 19.2. The van der Waals surface area contributed by atoms with E-state index < -0.39 is 17.0 Å². The minimum absolute atomic E-state index is 0.00297. The Balaban J connectivity index is 2.06. The Morgan fingerprint density at radius 3 is 2.35 bits per heavy atom. The predicted molar refractivity (Wildman–Crippen MR) is 100 cm³/mol. The van der Waals surface area contributed by atoms with Crippen LogP contribution < -0.4 is 0 Å². The summed E-state index contributed by atoms with van der Waals surface area (Å²) in [6.07, 6.45) is 1.40. The Morgan fingerprint density at radius 2 is 1.77 bits per heavy atom.